The number of aromatic nitrogens is 1. The average Bonchev–Trinajstić information content (AvgIpc) is 2.62. The quantitative estimate of drug-likeness (QED) is 0.677. The number of nitrogens with zero attached hydrogens (tertiary/aromatic N) is 1. The second-order valence-corrected chi connectivity index (χ2v) is 6.88. The van der Waals surface area contributed by atoms with E-state index in [0.717, 1.165) is 54.6 Å². The molecule has 4 rings (SSSR count). The second kappa shape index (κ2) is 9.27. The van der Waals surface area contributed by atoms with Crippen LogP contribution in [0.3, 0.4) is 0 Å². The molecule has 2 aromatic carbocycles. The van der Waals surface area contributed by atoms with Gasteiger partial charge in [0.25, 0.3) is 5.56 Å². The summed E-state index contributed by atoms with van der Waals surface area (Å²) in [7, 11) is 2.12. The van der Waals surface area contributed by atoms with E-state index in [9.17, 15) is 4.79 Å². The Kier molecular flexibility index (Phi) is 7.31. The number of anilines is 1. The molecule has 1 aliphatic heterocycles. The van der Waals surface area contributed by atoms with E-state index in [1.54, 1.807) is 0 Å². The summed E-state index contributed by atoms with van der Waals surface area (Å²) >= 11 is 0. The van der Waals surface area contributed by atoms with Crippen LogP contribution in [-0.2, 0) is 19.5 Å². The summed E-state index contributed by atoms with van der Waals surface area (Å²) in [5.74, 6) is 0. The predicted molar refractivity (Wildman–Crippen MR) is 117 cm³/mol. The van der Waals surface area contributed by atoms with Gasteiger partial charge in [0.15, 0.2) is 0 Å². The minimum Gasteiger partial charge on any atom is -0.384 e. The normalized spacial score (nSPS) is 12.7. The van der Waals surface area contributed by atoms with E-state index in [-0.39, 0.29) is 30.4 Å². The van der Waals surface area contributed by atoms with Crippen molar-refractivity contribution in [3.63, 3.8) is 0 Å². The SMILES string of the molecule is CN(Cc1ccccc1)Cc1ccc2c3c(c(=O)[nH]c2c1)CCCN3.Cl.Cl. The zero-order valence-corrected chi connectivity index (χ0v) is 17.0. The number of halogens is 2. The molecular weight excluding hydrogens is 381 g/mol. The Morgan fingerprint density at radius 2 is 1.74 bits per heavy atom. The van der Waals surface area contributed by atoms with E-state index in [1.165, 1.54) is 11.1 Å². The molecule has 3 aromatic rings. The van der Waals surface area contributed by atoms with E-state index >= 15 is 0 Å². The summed E-state index contributed by atoms with van der Waals surface area (Å²) in [4.78, 5) is 17.7. The van der Waals surface area contributed by atoms with Crippen molar-refractivity contribution in [3.8, 4) is 0 Å². The molecule has 0 fully saturated rings. The summed E-state index contributed by atoms with van der Waals surface area (Å²) in [6, 6.07) is 16.9. The van der Waals surface area contributed by atoms with Crippen molar-refractivity contribution in [2.24, 2.45) is 0 Å². The van der Waals surface area contributed by atoms with Gasteiger partial charge in [-0.1, -0.05) is 42.5 Å². The van der Waals surface area contributed by atoms with E-state index in [2.05, 4.69) is 64.7 Å². The Labute approximate surface area is 171 Å². The van der Waals surface area contributed by atoms with Crippen molar-refractivity contribution in [2.75, 3.05) is 18.9 Å². The molecule has 0 radical (unpaired) electrons. The van der Waals surface area contributed by atoms with Crippen LogP contribution in [0.1, 0.15) is 23.1 Å². The lowest BCUT2D eigenvalue weighted by Crippen LogP contribution is -2.22. The molecule has 4 nitrogen and oxygen atoms in total. The van der Waals surface area contributed by atoms with Crippen LogP contribution in [0.25, 0.3) is 10.9 Å². The van der Waals surface area contributed by atoms with Crippen LogP contribution in [0.4, 0.5) is 5.69 Å². The van der Waals surface area contributed by atoms with Crippen molar-refractivity contribution in [3.05, 3.63) is 75.6 Å². The first-order valence-electron chi connectivity index (χ1n) is 8.85. The maximum Gasteiger partial charge on any atom is 0.253 e. The van der Waals surface area contributed by atoms with Crippen molar-refractivity contribution >= 4 is 41.4 Å². The summed E-state index contributed by atoms with van der Waals surface area (Å²) in [6.45, 7) is 2.69. The monoisotopic (exact) mass is 405 g/mol. The molecule has 0 bridgehead atoms. The minimum absolute atomic E-state index is 0. The van der Waals surface area contributed by atoms with Crippen LogP contribution in [-0.4, -0.2) is 23.5 Å². The number of aromatic amines is 1. The molecule has 6 heteroatoms. The molecule has 0 unspecified atom stereocenters. The molecule has 0 spiro atoms. The molecule has 144 valence electrons. The number of rotatable bonds is 4. The first-order valence-corrected chi connectivity index (χ1v) is 8.85. The Bertz CT molecular complexity index is 957. The smallest absolute Gasteiger partial charge is 0.253 e. The molecule has 0 atom stereocenters. The van der Waals surface area contributed by atoms with E-state index < -0.39 is 0 Å². The van der Waals surface area contributed by atoms with Gasteiger partial charge in [0.2, 0.25) is 0 Å². The van der Waals surface area contributed by atoms with E-state index in [0.29, 0.717) is 0 Å². The molecule has 0 amide bonds. The third kappa shape index (κ3) is 4.64. The Balaban J connectivity index is 0.00000131. The average molecular weight is 406 g/mol. The minimum atomic E-state index is 0. The van der Waals surface area contributed by atoms with Crippen LogP contribution in [0.15, 0.2) is 53.3 Å². The number of hydrogen-bond acceptors (Lipinski definition) is 3. The zero-order valence-electron chi connectivity index (χ0n) is 15.3. The largest absolute Gasteiger partial charge is 0.384 e. The zero-order chi connectivity index (χ0) is 17.2. The molecule has 0 aliphatic carbocycles. The first-order chi connectivity index (χ1) is 12.2. The van der Waals surface area contributed by atoms with Crippen molar-refractivity contribution in [1.82, 2.24) is 9.88 Å². The van der Waals surface area contributed by atoms with Gasteiger partial charge in [-0.2, -0.15) is 0 Å². The predicted octanol–water partition coefficient (Wildman–Crippen LogP) is 4.36. The van der Waals surface area contributed by atoms with Gasteiger partial charge in [0, 0.05) is 30.6 Å². The van der Waals surface area contributed by atoms with Gasteiger partial charge in [0.1, 0.15) is 0 Å². The Hall–Kier alpha value is -2.01. The fraction of sp³-hybridized carbons (Fsp3) is 0.286. The van der Waals surface area contributed by atoms with Crippen molar-refractivity contribution in [1.29, 1.82) is 0 Å². The highest BCUT2D eigenvalue weighted by Crippen LogP contribution is 2.28. The van der Waals surface area contributed by atoms with Crippen LogP contribution in [0, 0.1) is 0 Å². The molecule has 2 heterocycles. The van der Waals surface area contributed by atoms with E-state index in [4.69, 9.17) is 0 Å². The molecule has 1 aliphatic rings. The van der Waals surface area contributed by atoms with Gasteiger partial charge in [-0.25, -0.2) is 0 Å². The molecule has 0 saturated carbocycles. The Morgan fingerprint density at radius 3 is 2.52 bits per heavy atom. The lowest BCUT2D eigenvalue weighted by molar-refractivity contribution is 0.319. The number of H-pyrrole nitrogens is 1. The highest BCUT2D eigenvalue weighted by Gasteiger charge is 2.16. The van der Waals surface area contributed by atoms with Gasteiger partial charge in [-0.05, 0) is 37.1 Å². The highest BCUT2D eigenvalue weighted by molar-refractivity contribution is 5.93. The number of fused-ring (bicyclic) bond motifs is 3. The lowest BCUT2D eigenvalue weighted by atomic mass is 10.0. The lowest BCUT2D eigenvalue weighted by Gasteiger charge is -2.20. The molecule has 27 heavy (non-hydrogen) atoms. The standard InChI is InChI=1S/C21H23N3O.2ClH/c1-24(13-15-6-3-2-4-7-15)14-16-9-10-17-19(12-16)23-21(25)18-8-5-11-22-20(17)18;;/h2-4,6-7,9-10,12,22H,5,8,11,13-14H2,1H3,(H,23,25);2*1H. The maximum atomic E-state index is 12.3. The van der Waals surface area contributed by atoms with Crippen LogP contribution >= 0.6 is 24.8 Å². The van der Waals surface area contributed by atoms with Crippen LogP contribution < -0.4 is 10.9 Å². The van der Waals surface area contributed by atoms with Crippen LogP contribution in [0.5, 0.6) is 0 Å². The van der Waals surface area contributed by atoms with E-state index in [1.807, 2.05) is 6.07 Å². The van der Waals surface area contributed by atoms with Gasteiger partial charge in [-0.15, -0.1) is 24.8 Å². The summed E-state index contributed by atoms with van der Waals surface area (Å²) < 4.78 is 0. The fourth-order valence-electron chi connectivity index (χ4n) is 3.67. The fourth-order valence-corrected chi connectivity index (χ4v) is 3.67. The third-order valence-electron chi connectivity index (χ3n) is 4.83. The molecule has 2 N–H and O–H groups in total. The summed E-state index contributed by atoms with van der Waals surface area (Å²) in [5, 5.41) is 4.52. The number of nitrogens with one attached hydrogen (secondary N) is 2. The maximum absolute atomic E-state index is 12.3. The number of hydrogen-bond donors (Lipinski definition) is 2. The summed E-state index contributed by atoms with van der Waals surface area (Å²) in [6.07, 6.45) is 1.87. The van der Waals surface area contributed by atoms with Crippen molar-refractivity contribution in [2.45, 2.75) is 25.9 Å². The molecular formula is C21H25Cl2N3O. The first kappa shape index (κ1) is 21.3. The third-order valence-corrected chi connectivity index (χ3v) is 4.83. The van der Waals surface area contributed by atoms with Gasteiger partial charge in [-0.3, -0.25) is 9.69 Å². The van der Waals surface area contributed by atoms with Crippen LogP contribution in [0.2, 0.25) is 0 Å². The summed E-state index contributed by atoms with van der Waals surface area (Å²) in [5.41, 5.74) is 5.39. The van der Waals surface area contributed by atoms with Gasteiger partial charge < -0.3 is 10.3 Å². The number of pyridine rings is 1. The van der Waals surface area contributed by atoms with Gasteiger partial charge in [0.05, 0.1) is 11.2 Å². The topological polar surface area (TPSA) is 48.1 Å². The highest BCUT2D eigenvalue weighted by atomic mass is 35.5. The van der Waals surface area contributed by atoms with Crippen molar-refractivity contribution < 1.29 is 0 Å². The van der Waals surface area contributed by atoms with Gasteiger partial charge >= 0.3 is 0 Å². The second-order valence-electron chi connectivity index (χ2n) is 6.88. The Morgan fingerprint density at radius 1 is 1.00 bits per heavy atom. The molecule has 1 aromatic heterocycles. The number of benzene rings is 2. The molecule has 0 saturated heterocycles.